The molecule has 2 amide bonds. The van der Waals surface area contributed by atoms with Crippen LogP contribution in [0.1, 0.15) is 39.7 Å². The van der Waals surface area contributed by atoms with E-state index in [9.17, 15) is 9.59 Å². The van der Waals surface area contributed by atoms with Gasteiger partial charge in [0.05, 0.1) is 0 Å². The maximum Gasteiger partial charge on any atom is 0.276 e. The molecule has 33 heavy (non-hydrogen) atoms. The molecular formula is C26H30N4O3. The number of piperazine rings is 1. The Morgan fingerprint density at radius 3 is 2.12 bits per heavy atom. The van der Waals surface area contributed by atoms with Gasteiger partial charge in [0.25, 0.3) is 5.91 Å². The minimum atomic E-state index is -0.0901. The molecule has 0 spiro atoms. The van der Waals surface area contributed by atoms with Crippen LogP contribution in [-0.2, 0) is 4.79 Å². The van der Waals surface area contributed by atoms with Crippen LogP contribution in [0.3, 0.4) is 0 Å². The van der Waals surface area contributed by atoms with Crippen LogP contribution in [0.4, 0.5) is 0 Å². The number of benzene rings is 2. The summed E-state index contributed by atoms with van der Waals surface area (Å²) < 4.78 is 5.01. The molecule has 172 valence electrons. The van der Waals surface area contributed by atoms with Crippen molar-refractivity contribution in [2.45, 2.75) is 19.3 Å². The van der Waals surface area contributed by atoms with Crippen molar-refractivity contribution in [1.29, 1.82) is 0 Å². The van der Waals surface area contributed by atoms with Crippen LogP contribution in [0.25, 0.3) is 0 Å². The largest absolute Gasteiger partial charge is 0.361 e. The standard InChI is InChI=1S/C26H30N4O3/c1-20-18-24(28-33-20)26(32)30-16-14-29(15-17-30)13-12-27-25(31)19-23(21-8-4-2-5-9-21)22-10-6-3-7-11-22/h2-11,18,23H,12-17,19H2,1H3,(H,27,31). The molecule has 1 N–H and O–H groups in total. The van der Waals surface area contributed by atoms with Crippen molar-refractivity contribution in [1.82, 2.24) is 20.3 Å². The molecule has 2 aromatic carbocycles. The van der Waals surface area contributed by atoms with Crippen molar-refractivity contribution < 1.29 is 14.1 Å². The molecule has 0 aliphatic carbocycles. The van der Waals surface area contributed by atoms with Gasteiger partial charge in [0.15, 0.2) is 5.69 Å². The van der Waals surface area contributed by atoms with Gasteiger partial charge < -0.3 is 14.7 Å². The van der Waals surface area contributed by atoms with Gasteiger partial charge in [-0.25, -0.2) is 0 Å². The fourth-order valence-corrected chi connectivity index (χ4v) is 4.21. The molecule has 0 bridgehead atoms. The summed E-state index contributed by atoms with van der Waals surface area (Å²) in [5.74, 6) is 0.618. The summed E-state index contributed by atoms with van der Waals surface area (Å²) in [4.78, 5) is 29.3. The fourth-order valence-electron chi connectivity index (χ4n) is 4.21. The number of nitrogens with zero attached hydrogens (tertiary/aromatic N) is 3. The van der Waals surface area contributed by atoms with E-state index in [1.54, 1.807) is 17.9 Å². The van der Waals surface area contributed by atoms with Crippen molar-refractivity contribution in [3.05, 3.63) is 89.3 Å². The van der Waals surface area contributed by atoms with Gasteiger partial charge in [-0.15, -0.1) is 0 Å². The van der Waals surface area contributed by atoms with Crippen LogP contribution in [-0.4, -0.2) is 66.0 Å². The zero-order valence-corrected chi connectivity index (χ0v) is 18.9. The Bertz CT molecular complexity index is 1000. The molecule has 2 heterocycles. The zero-order chi connectivity index (χ0) is 23.0. The average Bonchev–Trinajstić information content (AvgIpc) is 3.30. The third-order valence-corrected chi connectivity index (χ3v) is 6.05. The van der Waals surface area contributed by atoms with E-state index in [1.165, 1.54) is 0 Å². The highest BCUT2D eigenvalue weighted by Crippen LogP contribution is 2.27. The Hall–Kier alpha value is -3.45. The summed E-state index contributed by atoms with van der Waals surface area (Å²) in [5, 5.41) is 6.90. The Labute approximate surface area is 194 Å². The number of rotatable bonds is 8. The van der Waals surface area contributed by atoms with Gasteiger partial charge in [-0.05, 0) is 18.1 Å². The third kappa shape index (κ3) is 6.08. The maximum atomic E-state index is 12.7. The van der Waals surface area contributed by atoms with Gasteiger partial charge in [-0.1, -0.05) is 65.8 Å². The zero-order valence-electron chi connectivity index (χ0n) is 18.9. The molecule has 4 rings (SSSR count). The van der Waals surface area contributed by atoms with E-state index in [4.69, 9.17) is 4.52 Å². The quantitative estimate of drug-likeness (QED) is 0.575. The normalized spacial score (nSPS) is 14.4. The number of amides is 2. The Morgan fingerprint density at radius 2 is 1.58 bits per heavy atom. The van der Waals surface area contributed by atoms with Gasteiger partial charge >= 0.3 is 0 Å². The van der Waals surface area contributed by atoms with Gasteiger partial charge in [0.2, 0.25) is 5.91 Å². The van der Waals surface area contributed by atoms with Crippen LogP contribution in [0, 0.1) is 6.92 Å². The molecule has 0 atom stereocenters. The number of hydrogen-bond acceptors (Lipinski definition) is 5. The van der Waals surface area contributed by atoms with Crippen LogP contribution in [0.2, 0.25) is 0 Å². The fraction of sp³-hybridized carbons (Fsp3) is 0.346. The maximum absolute atomic E-state index is 12.7. The van der Waals surface area contributed by atoms with Gasteiger partial charge in [-0.3, -0.25) is 14.5 Å². The Morgan fingerprint density at radius 1 is 0.970 bits per heavy atom. The van der Waals surface area contributed by atoms with Gasteiger partial charge in [0, 0.05) is 57.7 Å². The highest BCUT2D eigenvalue weighted by molar-refractivity contribution is 5.92. The predicted molar refractivity (Wildman–Crippen MR) is 126 cm³/mol. The molecule has 0 unspecified atom stereocenters. The van der Waals surface area contributed by atoms with Crippen molar-refractivity contribution in [2.24, 2.45) is 0 Å². The molecule has 1 aliphatic heterocycles. The molecule has 0 saturated carbocycles. The molecular weight excluding hydrogens is 416 g/mol. The number of carbonyl (C=O) groups is 2. The number of aryl methyl sites for hydroxylation is 1. The number of carbonyl (C=O) groups excluding carboxylic acids is 2. The summed E-state index contributed by atoms with van der Waals surface area (Å²) >= 11 is 0. The smallest absolute Gasteiger partial charge is 0.276 e. The molecule has 7 nitrogen and oxygen atoms in total. The van der Waals surface area contributed by atoms with E-state index in [1.807, 2.05) is 36.4 Å². The summed E-state index contributed by atoms with van der Waals surface area (Å²) in [6, 6.07) is 22.0. The van der Waals surface area contributed by atoms with E-state index in [2.05, 4.69) is 39.6 Å². The Balaban J connectivity index is 1.23. The first-order chi connectivity index (χ1) is 16.1. The SMILES string of the molecule is Cc1cc(C(=O)N2CCN(CCNC(=O)CC(c3ccccc3)c3ccccc3)CC2)no1. The van der Waals surface area contributed by atoms with Gasteiger partial charge in [-0.2, -0.15) is 0 Å². The van der Waals surface area contributed by atoms with E-state index < -0.39 is 0 Å². The molecule has 1 fully saturated rings. The summed E-state index contributed by atoms with van der Waals surface area (Å²) in [5.41, 5.74) is 2.64. The van der Waals surface area contributed by atoms with Crippen LogP contribution >= 0.6 is 0 Å². The lowest BCUT2D eigenvalue weighted by atomic mass is 9.88. The third-order valence-electron chi connectivity index (χ3n) is 6.05. The second-order valence-corrected chi connectivity index (χ2v) is 8.38. The van der Waals surface area contributed by atoms with E-state index in [0.717, 1.165) is 30.8 Å². The first-order valence-corrected chi connectivity index (χ1v) is 11.4. The van der Waals surface area contributed by atoms with Crippen molar-refractivity contribution >= 4 is 11.8 Å². The van der Waals surface area contributed by atoms with Crippen LogP contribution in [0.5, 0.6) is 0 Å². The van der Waals surface area contributed by atoms with Crippen LogP contribution < -0.4 is 5.32 Å². The molecule has 3 aromatic rings. The highest BCUT2D eigenvalue weighted by atomic mass is 16.5. The second kappa shape index (κ2) is 10.9. The van der Waals surface area contributed by atoms with E-state index in [0.29, 0.717) is 37.5 Å². The summed E-state index contributed by atoms with van der Waals surface area (Å²) in [7, 11) is 0. The summed E-state index contributed by atoms with van der Waals surface area (Å²) in [6.07, 6.45) is 0.410. The monoisotopic (exact) mass is 446 g/mol. The lowest BCUT2D eigenvalue weighted by Crippen LogP contribution is -2.50. The lowest BCUT2D eigenvalue weighted by molar-refractivity contribution is -0.121. The minimum Gasteiger partial charge on any atom is -0.361 e. The minimum absolute atomic E-state index is 0.0297. The van der Waals surface area contributed by atoms with E-state index >= 15 is 0 Å². The Kier molecular flexibility index (Phi) is 7.52. The predicted octanol–water partition coefficient (Wildman–Crippen LogP) is 3.08. The molecule has 7 heteroatoms. The topological polar surface area (TPSA) is 78.7 Å². The molecule has 1 aliphatic rings. The molecule has 1 saturated heterocycles. The number of aromatic nitrogens is 1. The first kappa shape index (κ1) is 22.7. The number of nitrogens with one attached hydrogen (secondary N) is 1. The average molecular weight is 447 g/mol. The summed E-state index contributed by atoms with van der Waals surface area (Å²) in [6.45, 7) is 5.96. The highest BCUT2D eigenvalue weighted by Gasteiger charge is 2.24. The van der Waals surface area contributed by atoms with E-state index in [-0.39, 0.29) is 17.7 Å². The molecule has 1 aromatic heterocycles. The van der Waals surface area contributed by atoms with Crippen molar-refractivity contribution in [3.63, 3.8) is 0 Å². The van der Waals surface area contributed by atoms with Gasteiger partial charge in [0.1, 0.15) is 5.76 Å². The van der Waals surface area contributed by atoms with Crippen molar-refractivity contribution in [2.75, 3.05) is 39.3 Å². The van der Waals surface area contributed by atoms with Crippen molar-refractivity contribution in [3.8, 4) is 0 Å². The number of hydrogen-bond donors (Lipinski definition) is 1. The first-order valence-electron chi connectivity index (χ1n) is 11.4. The lowest BCUT2D eigenvalue weighted by Gasteiger charge is -2.34. The van der Waals surface area contributed by atoms with Crippen LogP contribution in [0.15, 0.2) is 71.3 Å². The molecule has 0 radical (unpaired) electrons. The second-order valence-electron chi connectivity index (χ2n) is 8.38.